The minimum absolute atomic E-state index is 0.232. The van der Waals surface area contributed by atoms with Crippen molar-refractivity contribution in [1.82, 2.24) is 0 Å². The van der Waals surface area contributed by atoms with Crippen LogP contribution in [0.15, 0.2) is 18.2 Å². The lowest BCUT2D eigenvalue weighted by molar-refractivity contribution is -0.132. The molecule has 1 unspecified atom stereocenters. The molecule has 0 aliphatic rings. The van der Waals surface area contributed by atoms with Gasteiger partial charge in [-0.1, -0.05) is 44.9 Å². The topological polar surface area (TPSA) is 0 Å². The number of halogens is 3. The van der Waals surface area contributed by atoms with Gasteiger partial charge in [0.25, 0.3) is 0 Å². The van der Waals surface area contributed by atoms with Crippen molar-refractivity contribution in [3.63, 3.8) is 0 Å². The van der Waals surface area contributed by atoms with Crippen molar-refractivity contribution < 1.29 is 13.2 Å². The molecule has 0 aliphatic heterocycles. The molecule has 0 spiro atoms. The number of aryl methyl sites for hydroxylation is 1. The summed E-state index contributed by atoms with van der Waals surface area (Å²) in [6, 6.07) is 5.08. The Labute approximate surface area is 108 Å². The first-order chi connectivity index (χ1) is 8.41. The van der Waals surface area contributed by atoms with Crippen molar-refractivity contribution in [3.05, 3.63) is 34.9 Å². The maximum absolute atomic E-state index is 12.7. The van der Waals surface area contributed by atoms with Crippen LogP contribution in [-0.4, -0.2) is 14.0 Å². The molecular formula is C14H18BF3. The highest BCUT2D eigenvalue weighted by Crippen LogP contribution is 2.35. The van der Waals surface area contributed by atoms with Gasteiger partial charge >= 0.3 is 6.18 Å². The van der Waals surface area contributed by atoms with Crippen LogP contribution in [0.25, 0.3) is 0 Å². The third kappa shape index (κ3) is 3.53. The number of rotatable bonds is 5. The summed E-state index contributed by atoms with van der Waals surface area (Å²) in [5.74, 6) is -1.88. The van der Waals surface area contributed by atoms with E-state index in [9.17, 15) is 13.2 Å². The highest BCUT2D eigenvalue weighted by atomic mass is 19.4. The van der Waals surface area contributed by atoms with Gasteiger partial charge in [-0.3, -0.25) is 0 Å². The summed E-state index contributed by atoms with van der Waals surface area (Å²) < 4.78 is 38.2. The van der Waals surface area contributed by atoms with Crippen molar-refractivity contribution >= 4 is 7.85 Å². The lowest BCUT2D eigenvalue weighted by Crippen LogP contribution is -2.22. The Bertz CT molecular complexity index is 385. The fourth-order valence-corrected chi connectivity index (χ4v) is 2.18. The highest BCUT2D eigenvalue weighted by molar-refractivity contribution is 6.13. The van der Waals surface area contributed by atoms with Gasteiger partial charge in [0.2, 0.25) is 0 Å². The van der Waals surface area contributed by atoms with Gasteiger partial charge in [-0.15, -0.1) is 0 Å². The standard InChI is InChI=1S/C14H18BF3/c1-3-6-10-8-5-9-12(11(10)7-4-2)13(15)14(16,17)18/h5,8-9,13H,3-4,6-7H2,1-2H3. The third-order valence-electron chi connectivity index (χ3n) is 3.02. The second-order valence-corrected chi connectivity index (χ2v) is 4.50. The van der Waals surface area contributed by atoms with E-state index < -0.39 is 12.0 Å². The molecular weight excluding hydrogens is 236 g/mol. The Balaban J connectivity index is 3.21. The normalized spacial score (nSPS) is 13.6. The summed E-state index contributed by atoms with van der Waals surface area (Å²) in [5, 5.41) is 0. The molecule has 0 bridgehead atoms. The van der Waals surface area contributed by atoms with Crippen molar-refractivity contribution in [2.75, 3.05) is 0 Å². The van der Waals surface area contributed by atoms with Crippen LogP contribution in [0.1, 0.15) is 49.2 Å². The van der Waals surface area contributed by atoms with E-state index in [1.54, 1.807) is 6.07 Å². The molecule has 0 amide bonds. The molecule has 0 nitrogen and oxygen atoms in total. The van der Waals surface area contributed by atoms with Crippen LogP contribution in [0.2, 0.25) is 0 Å². The van der Waals surface area contributed by atoms with Crippen LogP contribution in [0.5, 0.6) is 0 Å². The average Bonchev–Trinajstić information content (AvgIpc) is 2.30. The highest BCUT2D eigenvalue weighted by Gasteiger charge is 2.37. The Morgan fingerprint density at radius 2 is 1.72 bits per heavy atom. The molecule has 18 heavy (non-hydrogen) atoms. The number of hydrogen-bond donors (Lipinski definition) is 0. The minimum Gasteiger partial charge on any atom is -0.171 e. The van der Waals surface area contributed by atoms with Gasteiger partial charge in [-0.05, 0) is 29.5 Å². The Hall–Kier alpha value is -0.925. The summed E-state index contributed by atoms with van der Waals surface area (Å²) in [5.41, 5.74) is 2.01. The van der Waals surface area contributed by atoms with Crippen LogP contribution in [0.4, 0.5) is 13.2 Å². The van der Waals surface area contributed by atoms with Gasteiger partial charge in [0.1, 0.15) is 0 Å². The molecule has 0 saturated heterocycles. The van der Waals surface area contributed by atoms with Crippen molar-refractivity contribution in [3.8, 4) is 0 Å². The largest absolute Gasteiger partial charge is 0.388 e. The molecule has 98 valence electrons. The van der Waals surface area contributed by atoms with Gasteiger partial charge in [0, 0.05) is 5.82 Å². The quantitative estimate of drug-likeness (QED) is 0.684. The lowest BCUT2D eigenvalue weighted by Gasteiger charge is -2.22. The molecule has 1 aromatic rings. The Morgan fingerprint density at radius 3 is 2.22 bits per heavy atom. The lowest BCUT2D eigenvalue weighted by atomic mass is 9.76. The van der Waals surface area contributed by atoms with E-state index in [1.165, 1.54) is 6.07 Å². The predicted molar refractivity (Wildman–Crippen MR) is 69.0 cm³/mol. The first kappa shape index (κ1) is 15.1. The van der Waals surface area contributed by atoms with Crippen LogP contribution in [0.3, 0.4) is 0 Å². The van der Waals surface area contributed by atoms with Crippen molar-refractivity contribution in [2.24, 2.45) is 0 Å². The second-order valence-electron chi connectivity index (χ2n) is 4.50. The zero-order valence-electron chi connectivity index (χ0n) is 10.8. The molecule has 1 aromatic carbocycles. The van der Waals surface area contributed by atoms with E-state index in [4.69, 9.17) is 7.85 Å². The molecule has 0 fully saturated rings. The molecule has 2 radical (unpaired) electrons. The van der Waals surface area contributed by atoms with Gasteiger partial charge < -0.3 is 0 Å². The maximum atomic E-state index is 12.7. The van der Waals surface area contributed by atoms with Crippen molar-refractivity contribution in [2.45, 2.75) is 51.5 Å². The molecule has 1 rings (SSSR count). The Morgan fingerprint density at radius 1 is 1.11 bits per heavy atom. The minimum atomic E-state index is -4.38. The predicted octanol–water partition coefficient (Wildman–Crippen LogP) is 4.36. The first-order valence-electron chi connectivity index (χ1n) is 6.34. The third-order valence-corrected chi connectivity index (χ3v) is 3.02. The molecule has 0 N–H and O–H groups in total. The van der Waals surface area contributed by atoms with Crippen LogP contribution < -0.4 is 0 Å². The zero-order chi connectivity index (χ0) is 13.8. The smallest absolute Gasteiger partial charge is 0.171 e. The van der Waals surface area contributed by atoms with E-state index in [0.717, 1.165) is 30.4 Å². The fraction of sp³-hybridized carbons (Fsp3) is 0.571. The van der Waals surface area contributed by atoms with E-state index in [-0.39, 0.29) is 5.56 Å². The molecule has 0 saturated carbocycles. The zero-order valence-corrected chi connectivity index (χ0v) is 10.8. The van der Waals surface area contributed by atoms with E-state index in [2.05, 4.69) is 0 Å². The molecule has 0 aliphatic carbocycles. The summed E-state index contributed by atoms with van der Waals surface area (Å²) in [4.78, 5) is 0. The van der Waals surface area contributed by atoms with Crippen molar-refractivity contribution in [1.29, 1.82) is 0 Å². The first-order valence-corrected chi connectivity index (χ1v) is 6.34. The number of alkyl halides is 3. The van der Waals surface area contributed by atoms with Crippen LogP contribution in [0, 0.1) is 0 Å². The van der Waals surface area contributed by atoms with E-state index in [1.807, 2.05) is 19.9 Å². The molecule has 0 aromatic heterocycles. The monoisotopic (exact) mass is 254 g/mol. The van der Waals surface area contributed by atoms with Gasteiger partial charge in [0.05, 0.1) is 7.85 Å². The molecule has 0 heterocycles. The van der Waals surface area contributed by atoms with E-state index in [0.29, 0.717) is 6.42 Å². The van der Waals surface area contributed by atoms with Crippen LogP contribution >= 0.6 is 0 Å². The molecule has 4 heteroatoms. The Kier molecular flexibility index (Phi) is 5.30. The SMILES string of the molecule is [B]C(c1cccc(CCC)c1CCC)C(F)(F)F. The summed E-state index contributed by atoms with van der Waals surface area (Å²) in [7, 11) is 5.34. The number of hydrogen-bond acceptors (Lipinski definition) is 0. The fourth-order valence-electron chi connectivity index (χ4n) is 2.18. The average molecular weight is 254 g/mol. The summed E-state index contributed by atoms with van der Waals surface area (Å²) in [6.45, 7) is 3.98. The van der Waals surface area contributed by atoms with Gasteiger partial charge in [-0.2, -0.15) is 13.2 Å². The van der Waals surface area contributed by atoms with Crippen LogP contribution in [-0.2, 0) is 12.8 Å². The number of benzene rings is 1. The summed E-state index contributed by atoms with van der Waals surface area (Å²) in [6.07, 6.45) is -1.20. The maximum Gasteiger partial charge on any atom is 0.388 e. The summed E-state index contributed by atoms with van der Waals surface area (Å²) >= 11 is 0. The second kappa shape index (κ2) is 6.30. The van der Waals surface area contributed by atoms with E-state index >= 15 is 0 Å². The molecule has 1 atom stereocenters. The van der Waals surface area contributed by atoms with Gasteiger partial charge in [-0.25, -0.2) is 0 Å². The van der Waals surface area contributed by atoms with Gasteiger partial charge in [0.15, 0.2) is 0 Å².